The second-order valence-electron chi connectivity index (χ2n) is 13.4. The van der Waals surface area contributed by atoms with E-state index in [4.69, 9.17) is 24.2 Å². The summed E-state index contributed by atoms with van der Waals surface area (Å²) < 4.78 is 18.8. The molecule has 9 heterocycles. The first-order valence-corrected chi connectivity index (χ1v) is 16.8. The number of piperazine rings is 1. The van der Waals surface area contributed by atoms with Gasteiger partial charge in [-0.05, 0) is 62.2 Å². The molecule has 47 heavy (non-hydrogen) atoms. The van der Waals surface area contributed by atoms with Crippen LogP contribution in [0, 0.1) is 16.7 Å². The van der Waals surface area contributed by atoms with Crippen LogP contribution in [0.15, 0.2) is 49.2 Å². The largest absolute Gasteiger partial charge is 0.491 e. The number of nitrogens with zero attached hydrogens (tertiary/aromatic N) is 9. The molecule has 12 heteroatoms. The van der Waals surface area contributed by atoms with Crippen molar-refractivity contribution in [2.75, 3.05) is 64.6 Å². The number of nitriles is 1. The maximum Gasteiger partial charge on any atom is 0.212 e. The summed E-state index contributed by atoms with van der Waals surface area (Å²) in [5.74, 6) is 2.21. The summed E-state index contributed by atoms with van der Waals surface area (Å²) >= 11 is 0. The van der Waals surface area contributed by atoms with Crippen LogP contribution in [0.3, 0.4) is 0 Å². The minimum absolute atomic E-state index is 0.476. The van der Waals surface area contributed by atoms with Crippen LogP contribution in [0.25, 0.3) is 16.8 Å². The summed E-state index contributed by atoms with van der Waals surface area (Å²) in [6.07, 6.45) is 15.1. The summed E-state index contributed by atoms with van der Waals surface area (Å²) in [6.45, 7) is 8.21. The lowest BCUT2D eigenvalue weighted by Gasteiger charge is -2.56. The Morgan fingerprint density at radius 3 is 2.53 bits per heavy atom. The first-order chi connectivity index (χ1) is 23.1. The minimum Gasteiger partial charge on any atom is -0.491 e. The van der Waals surface area contributed by atoms with Crippen molar-refractivity contribution in [2.24, 2.45) is 5.41 Å². The highest BCUT2D eigenvalue weighted by atomic mass is 16.5. The van der Waals surface area contributed by atoms with Gasteiger partial charge in [0.25, 0.3) is 0 Å². The van der Waals surface area contributed by atoms with Crippen molar-refractivity contribution in [1.82, 2.24) is 34.4 Å². The number of pyridine rings is 2. The number of hydrogen-bond acceptors (Lipinski definition) is 11. The van der Waals surface area contributed by atoms with Crippen LogP contribution < -0.4 is 14.4 Å². The standard InChI is InChI=1S/C35H41N9O3/c1-45-33-3-2-25(17-39-33)21-43-27-14-28(43)23-42(22-27)32-20-37-31(19-38-32)30-15-29(24-44-34(30)26(16-36)18-40-44)47-13-10-41-8-4-35(5-9-41)6-11-46-12-7-35/h2-3,15,17-20,24,27-28H,4-14,21-23H2,1H3. The second kappa shape index (κ2) is 12.7. The summed E-state index contributed by atoms with van der Waals surface area (Å²) in [5, 5.41) is 14.3. The third kappa shape index (κ3) is 5.99. The lowest BCUT2D eigenvalue weighted by Crippen LogP contribution is -2.68. The highest BCUT2D eigenvalue weighted by Crippen LogP contribution is 2.40. The molecular formula is C35H41N9O3. The quantitative estimate of drug-likeness (QED) is 0.267. The van der Waals surface area contributed by atoms with Gasteiger partial charge in [-0.3, -0.25) is 14.8 Å². The van der Waals surface area contributed by atoms with Crippen LogP contribution in [-0.4, -0.2) is 106 Å². The van der Waals surface area contributed by atoms with E-state index in [1.54, 1.807) is 17.8 Å². The molecule has 0 saturated carbocycles. The number of hydrogen-bond donors (Lipinski definition) is 0. The number of rotatable bonds is 9. The average molecular weight is 636 g/mol. The summed E-state index contributed by atoms with van der Waals surface area (Å²) in [6, 6.07) is 9.21. The van der Waals surface area contributed by atoms with Crippen LogP contribution in [-0.2, 0) is 11.3 Å². The smallest absolute Gasteiger partial charge is 0.212 e. The number of ether oxygens (including phenoxy) is 3. The molecule has 5 aliphatic heterocycles. The molecule has 0 aliphatic carbocycles. The van der Waals surface area contributed by atoms with E-state index >= 15 is 0 Å². The van der Waals surface area contributed by atoms with Crippen LogP contribution in [0.5, 0.6) is 11.6 Å². The van der Waals surface area contributed by atoms with Gasteiger partial charge >= 0.3 is 0 Å². The van der Waals surface area contributed by atoms with E-state index in [0.29, 0.717) is 52.5 Å². The van der Waals surface area contributed by atoms with Crippen molar-refractivity contribution in [3.05, 3.63) is 60.3 Å². The van der Waals surface area contributed by atoms with Crippen molar-refractivity contribution >= 4 is 11.3 Å². The first kappa shape index (κ1) is 30.1. The number of anilines is 1. The Morgan fingerprint density at radius 2 is 1.83 bits per heavy atom. The van der Waals surface area contributed by atoms with E-state index in [9.17, 15) is 5.26 Å². The Labute approximate surface area is 274 Å². The van der Waals surface area contributed by atoms with Gasteiger partial charge in [0.15, 0.2) is 0 Å². The monoisotopic (exact) mass is 635 g/mol. The van der Waals surface area contributed by atoms with E-state index in [-0.39, 0.29) is 0 Å². The Morgan fingerprint density at radius 1 is 1.00 bits per heavy atom. The molecule has 244 valence electrons. The van der Waals surface area contributed by atoms with Crippen molar-refractivity contribution in [3.8, 4) is 29.0 Å². The molecule has 0 N–H and O–H groups in total. The number of methoxy groups -OCH3 is 1. The van der Waals surface area contributed by atoms with E-state index in [0.717, 1.165) is 63.9 Å². The van der Waals surface area contributed by atoms with Gasteiger partial charge in [-0.1, -0.05) is 6.07 Å². The van der Waals surface area contributed by atoms with Gasteiger partial charge in [0, 0.05) is 69.3 Å². The van der Waals surface area contributed by atoms with E-state index < -0.39 is 0 Å². The molecular weight excluding hydrogens is 594 g/mol. The topological polar surface area (TPSA) is 117 Å². The summed E-state index contributed by atoms with van der Waals surface area (Å²) in [7, 11) is 1.64. The van der Waals surface area contributed by atoms with Crippen LogP contribution in [0.1, 0.15) is 43.2 Å². The summed E-state index contributed by atoms with van der Waals surface area (Å²) in [5.41, 5.74) is 4.36. The molecule has 2 atom stereocenters. The van der Waals surface area contributed by atoms with E-state index in [1.165, 1.54) is 37.7 Å². The van der Waals surface area contributed by atoms with Gasteiger partial charge in [0.2, 0.25) is 5.88 Å². The van der Waals surface area contributed by atoms with Gasteiger partial charge in [0.1, 0.15) is 24.2 Å². The Hall–Kier alpha value is -4.31. The minimum atomic E-state index is 0.476. The van der Waals surface area contributed by atoms with Crippen LogP contribution >= 0.6 is 0 Å². The maximum atomic E-state index is 9.82. The lowest BCUT2D eigenvalue weighted by molar-refractivity contribution is -0.0219. The van der Waals surface area contributed by atoms with Crippen molar-refractivity contribution in [3.63, 3.8) is 0 Å². The predicted octanol–water partition coefficient (Wildman–Crippen LogP) is 3.80. The second-order valence-corrected chi connectivity index (χ2v) is 13.4. The SMILES string of the molecule is COc1ccc(CN2C3CC2CN(c2cnc(-c4cc(OCCN5CCC6(CCOCC6)CC5)cn5ncc(C#N)c45)cn2)C3)cn1. The highest BCUT2D eigenvalue weighted by Gasteiger charge is 2.44. The summed E-state index contributed by atoms with van der Waals surface area (Å²) in [4.78, 5) is 21.5. The van der Waals surface area contributed by atoms with E-state index in [2.05, 4.69) is 36.9 Å². The highest BCUT2D eigenvalue weighted by molar-refractivity contribution is 5.83. The van der Waals surface area contributed by atoms with Crippen molar-refractivity contribution in [2.45, 2.75) is 50.7 Å². The van der Waals surface area contributed by atoms with E-state index in [1.807, 2.05) is 36.9 Å². The zero-order chi connectivity index (χ0) is 31.8. The molecule has 9 rings (SSSR count). The van der Waals surface area contributed by atoms with Gasteiger partial charge in [-0.15, -0.1) is 0 Å². The predicted molar refractivity (Wildman–Crippen MR) is 175 cm³/mol. The number of aromatic nitrogens is 5. The average Bonchev–Trinajstić information content (AvgIpc) is 3.55. The molecule has 5 aliphatic rings. The molecule has 12 nitrogen and oxygen atoms in total. The number of likely N-dealkylation sites (tertiary alicyclic amines) is 1. The number of fused-ring (bicyclic) bond motifs is 3. The molecule has 1 spiro atoms. The van der Waals surface area contributed by atoms with Crippen LogP contribution in [0.2, 0.25) is 0 Å². The Bertz CT molecular complexity index is 1730. The fourth-order valence-corrected chi connectivity index (χ4v) is 7.89. The Balaban J connectivity index is 0.921. The van der Waals surface area contributed by atoms with Crippen molar-refractivity contribution < 1.29 is 14.2 Å². The maximum absolute atomic E-state index is 9.82. The zero-order valence-corrected chi connectivity index (χ0v) is 26.9. The molecule has 5 fully saturated rings. The molecule has 0 amide bonds. The molecule has 5 saturated heterocycles. The van der Waals surface area contributed by atoms with Crippen LogP contribution in [0.4, 0.5) is 5.82 Å². The Kier molecular flexibility index (Phi) is 8.13. The van der Waals surface area contributed by atoms with Crippen molar-refractivity contribution in [1.29, 1.82) is 5.26 Å². The third-order valence-electron chi connectivity index (χ3n) is 10.8. The van der Waals surface area contributed by atoms with Gasteiger partial charge < -0.3 is 19.1 Å². The van der Waals surface area contributed by atoms with Gasteiger partial charge in [0.05, 0.1) is 48.7 Å². The lowest BCUT2D eigenvalue weighted by atomic mass is 9.72. The molecule has 4 aromatic heterocycles. The molecule has 0 radical (unpaired) electrons. The third-order valence-corrected chi connectivity index (χ3v) is 10.8. The first-order valence-electron chi connectivity index (χ1n) is 16.8. The normalized spacial score (nSPS) is 22.6. The molecule has 0 aromatic carbocycles. The number of piperidine rings is 2. The molecule has 2 unspecified atom stereocenters. The molecule has 4 aromatic rings. The zero-order valence-electron chi connectivity index (χ0n) is 26.9. The fourth-order valence-electron chi connectivity index (χ4n) is 7.89. The fraction of sp³-hybridized carbons (Fsp3) is 0.514. The molecule has 2 bridgehead atoms. The van der Waals surface area contributed by atoms with Gasteiger partial charge in [-0.2, -0.15) is 10.4 Å². The van der Waals surface area contributed by atoms with Gasteiger partial charge in [-0.25, -0.2) is 14.5 Å².